The molecule has 1 aromatic heterocycles. The van der Waals surface area contributed by atoms with Gasteiger partial charge in [0.15, 0.2) is 0 Å². The molecule has 3 atom stereocenters. The molecule has 7 amide bonds. The van der Waals surface area contributed by atoms with Gasteiger partial charge in [-0.05, 0) is 25.0 Å². The van der Waals surface area contributed by atoms with Crippen LogP contribution in [0.25, 0.3) is 0 Å². The van der Waals surface area contributed by atoms with Crippen molar-refractivity contribution < 1.29 is 28.8 Å². The minimum atomic E-state index is -1.48. The molecule has 13 nitrogen and oxygen atoms in total. The molecule has 2 aliphatic heterocycles. The summed E-state index contributed by atoms with van der Waals surface area (Å²) in [6.07, 6.45) is 3.41. The third-order valence-corrected chi connectivity index (χ3v) is 6.55. The second kappa shape index (κ2) is 10.6. The number of carbonyl (C=O) groups is 6. The average molecular weight is 510 g/mol. The molecule has 194 valence electrons. The van der Waals surface area contributed by atoms with E-state index in [1.165, 1.54) is 36.6 Å². The van der Waals surface area contributed by atoms with Gasteiger partial charge < -0.3 is 20.9 Å². The van der Waals surface area contributed by atoms with Crippen LogP contribution in [0.15, 0.2) is 42.9 Å². The number of hydrogen-bond donors (Lipinski definition) is 3. The van der Waals surface area contributed by atoms with Crippen LogP contribution in [0.4, 0.5) is 4.79 Å². The fourth-order valence-corrected chi connectivity index (χ4v) is 4.56. The third-order valence-electron chi connectivity index (χ3n) is 6.55. The Labute approximate surface area is 212 Å². The number of nitrogens with two attached hydrogens (primary N) is 1. The Kier molecular flexibility index (Phi) is 7.32. The molecule has 4 N–H and O–H groups in total. The van der Waals surface area contributed by atoms with Crippen LogP contribution < -0.4 is 11.1 Å². The van der Waals surface area contributed by atoms with Crippen LogP contribution in [0.5, 0.6) is 0 Å². The summed E-state index contributed by atoms with van der Waals surface area (Å²) < 4.78 is 0. The van der Waals surface area contributed by atoms with Gasteiger partial charge in [0.25, 0.3) is 5.91 Å². The van der Waals surface area contributed by atoms with Crippen molar-refractivity contribution in [2.24, 2.45) is 5.73 Å². The van der Waals surface area contributed by atoms with Crippen LogP contribution in [0.3, 0.4) is 0 Å². The van der Waals surface area contributed by atoms with Crippen LogP contribution >= 0.6 is 0 Å². The highest BCUT2D eigenvalue weighted by atomic mass is 16.2. The van der Waals surface area contributed by atoms with Gasteiger partial charge in [-0.1, -0.05) is 18.2 Å². The monoisotopic (exact) mass is 509 g/mol. The first-order valence-corrected chi connectivity index (χ1v) is 11.8. The van der Waals surface area contributed by atoms with Gasteiger partial charge in [0.2, 0.25) is 23.6 Å². The summed E-state index contributed by atoms with van der Waals surface area (Å²) in [6.45, 7) is 0.283. The van der Waals surface area contributed by atoms with Crippen LogP contribution in [-0.2, 0) is 25.6 Å². The van der Waals surface area contributed by atoms with E-state index in [1.54, 1.807) is 18.2 Å². The molecular formula is C24H27N7O6. The number of urea groups is 1. The lowest BCUT2D eigenvalue weighted by Crippen LogP contribution is -2.64. The summed E-state index contributed by atoms with van der Waals surface area (Å²) in [6, 6.07) is 3.47. The average Bonchev–Trinajstić information content (AvgIpc) is 3.59. The maximum absolute atomic E-state index is 13.5. The van der Waals surface area contributed by atoms with Gasteiger partial charge in [-0.25, -0.2) is 14.7 Å². The van der Waals surface area contributed by atoms with Crippen LogP contribution in [-0.4, -0.2) is 92.0 Å². The van der Waals surface area contributed by atoms with Crippen molar-refractivity contribution in [3.05, 3.63) is 54.1 Å². The van der Waals surface area contributed by atoms with Crippen LogP contribution in [0.1, 0.15) is 35.3 Å². The normalized spacial score (nSPS) is 20.6. The minimum Gasteiger partial charge on any atom is -0.368 e. The highest BCUT2D eigenvalue weighted by Crippen LogP contribution is 2.22. The van der Waals surface area contributed by atoms with E-state index in [1.807, 2.05) is 0 Å². The van der Waals surface area contributed by atoms with Crippen molar-refractivity contribution in [2.45, 2.75) is 43.8 Å². The summed E-state index contributed by atoms with van der Waals surface area (Å²) in [4.78, 5) is 87.1. The lowest BCUT2D eigenvalue weighted by Gasteiger charge is -2.37. The van der Waals surface area contributed by atoms with Gasteiger partial charge in [-0.15, -0.1) is 0 Å². The number of rotatable bonds is 7. The van der Waals surface area contributed by atoms with Crippen molar-refractivity contribution in [3.8, 4) is 0 Å². The molecule has 0 spiro atoms. The topological polar surface area (TPSA) is 179 Å². The number of imide groups is 2. The van der Waals surface area contributed by atoms with Gasteiger partial charge in [0.1, 0.15) is 18.1 Å². The Bertz CT molecular complexity index is 1220. The molecule has 2 fully saturated rings. The number of amides is 7. The van der Waals surface area contributed by atoms with E-state index >= 15 is 0 Å². The van der Waals surface area contributed by atoms with Gasteiger partial charge in [0, 0.05) is 37.5 Å². The fourth-order valence-electron chi connectivity index (χ4n) is 4.56. The summed E-state index contributed by atoms with van der Waals surface area (Å²) >= 11 is 0. The smallest absolute Gasteiger partial charge is 0.334 e. The minimum absolute atomic E-state index is 0.00625. The number of hydrogen-bond acceptors (Lipinski definition) is 7. The number of primary amides is 1. The largest absolute Gasteiger partial charge is 0.368 e. The van der Waals surface area contributed by atoms with Gasteiger partial charge in [-0.3, -0.25) is 28.9 Å². The fraction of sp³-hybridized carbons (Fsp3) is 0.375. The second-order valence-electron chi connectivity index (χ2n) is 8.93. The molecular weight excluding hydrogens is 482 g/mol. The molecule has 4 rings (SSSR count). The molecule has 0 radical (unpaired) electrons. The van der Waals surface area contributed by atoms with Gasteiger partial charge in [-0.2, -0.15) is 0 Å². The Hall–Kier alpha value is -4.55. The maximum atomic E-state index is 13.5. The van der Waals surface area contributed by atoms with Crippen molar-refractivity contribution in [3.63, 3.8) is 0 Å². The number of nitrogens with zero attached hydrogens (tertiary/aromatic N) is 4. The Balaban J connectivity index is 1.62. The molecule has 0 aliphatic carbocycles. The molecule has 13 heteroatoms. The van der Waals surface area contributed by atoms with E-state index in [4.69, 9.17) is 5.73 Å². The van der Waals surface area contributed by atoms with Crippen molar-refractivity contribution in [2.75, 3.05) is 13.6 Å². The third kappa shape index (κ3) is 5.20. The second-order valence-corrected chi connectivity index (χ2v) is 8.93. The molecule has 37 heavy (non-hydrogen) atoms. The SMILES string of the molecule is CN1C(=O)C[C@@H](C(=O)N[C@@H](Cc2cnc[nH]2)C(=O)N2CCC[C@H]2C(N)=O)N(C(=O)c2ccccc2)C1=O. The Morgan fingerprint density at radius 2 is 1.89 bits per heavy atom. The molecule has 0 saturated carbocycles. The predicted octanol–water partition coefficient (Wildman–Crippen LogP) is -0.594. The van der Waals surface area contributed by atoms with Crippen molar-refractivity contribution >= 4 is 35.6 Å². The zero-order valence-corrected chi connectivity index (χ0v) is 20.1. The zero-order chi connectivity index (χ0) is 26.7. The maximum Gasteiger partial charge on any atom is 0.334 e. The van der Waals surface area contributed by atoms with E-state index in [0.717, 1.165) is 9.80 Å². The first-order valence-electron chi connectivity index (χ1n) is 11.8. The van der Waals surface area contributed by atoms with Gasteiger partial charge in [0.05, 0.1) is 12.7 Å². The van der Waals surface area contributed by atoms with E-state index in [2.05, 4.69) is 15.3 Å². The van der Waals surface area contributed by atoms with Crippen molar-refractivity contribution in [1.29, 1.82) is 0 Å². The highest BCUT2D eigenvalue weighted by Gasteiger charge is 2.46. The van der Waals surface area contributed by atoms with E-state index < -0.39 is 60.1 Å². The number of likely N-dealkylation sites (tertiary alicyclic amines) is 1. The summed E-state index contributed by atoms with van der Waals surface area (Å²) in [5.74, 6) is -3.45. The van der Waals surface area contributed by atoms with E-state index in [9.17, 15) is 28.8 Å². The van der Waals surface area contributed by atoms with Gasteiger partial charge >= 0.3 is 6.03 Å². The highest BCUT2D eigenvalue weighted by molar-refractivity contribution is 6.13. The number of benzene rings is 1. The molecule has 2 aromatic rings. The molecule has 0 unspecified atom stereocenters. The Morgan fingerprint density at radius 3 is 2.54 bits per heavy atom. The molecule has 1 aromatic carbocycles. The first kappa shape index (κ1) is 25.5. The number of H-pyrrole nitrogens is 1. The van der Waals surface area contributed by atoms with Crippen LogP contribution in [0.2, 0.25) is 0 Å². The first-order chi connectivity index (χ1) is 17.7. The molecule has 3 heterocycles. The lowest BCUT2D eigenvalue weighted by atomic mass is 10.0. The summed E-state index contributed by atoms with van der Waals surface area (Å²) in [7, 11) is 1.23. The number of nitrogens with one attached hydrogen (secondary N) is 2. The van der Waals surface area contributed by atoms with Crippen LogP contribution in [0, 0.1) is 0 Å². The lowest BCUT2D eigenvalue weighted by molar-refractivity contribution is -0.142. The molecule has 0 bridgehead atoms. The standard InChI is InChI=1S/C24H27N7O6/c1-29-19(32)11-18(31(24(29)37)22(35)14-6-3-2-4-7-14)21(34)28-16(10-15-12-26-13-27-15)23(36)30-9-5-8-17(30)20(25)33/h2-4,6-7,12-13,16-18H,5,8-11H2,1H3,(H2,25,33)(H,26,27)(H,28,34)/t16-,17-,18-/m0/s1. The number of aromatic amines is 1. The van der Waals surface area contributed by atoms with E-state index in [0.29, 0.717) is 18.5 Å². The quantitative estimate of drug-likeness (QED) is 0.446. The summed E-state index contributed by atoms with van der Waals surface area (Å²) in [5.41, 5.74) is 6.15. The van der Waals surface area contributed by atoms with E-state index in [-0.39, 0.29) is 18.5 Å². The molecule has 2 aliphatic rings. The Morgan fingerprint density at radius 1 is 1.16 bits per heavy atom. The predicted molar refractivity (Wildman–Crippen MR) is 127 cm³/mol. The number of imidazole rings is 1. The number of aromatic nitrogens is 2. The number of carbonyl (C=O) groups excluding carboxylic acids is 6. The molecule has 2 saturated heterocycles. The van der Waals surface area contributed by atoms with Crippen molar-refractivity contribution in [1.82, 2.24) is 30.0 Å². The summed E-state index contributed by atoms with van der Waals surface area (Å²) in [5, 5.41) is 2.61. The zero-order valence-electron chi connectivity index (χ0n) is 20.1.